The van der Waals surface area contributed by atoms with Crippen LogP contribution >= 0.6 is 12.2 Å². The van der Waals surface area contributed by atoms with Gasteiger partial charge in [-0.3, -0.25) is 0 Å². The summed E-state index contributed by atoms with van der Waals surface area (Å²) in [6.45, 7) is 5.12. The number of anilines is 1. The van der Waals surface area contributed by atoms with Gasteiger partial charge in [-0.2, -0.15) is 0 Å². The summed E-state index contributed by atoms with van der Waals surface area (Å²) in [4.78, 5) is 7.58. The summed E-state index contributed by atoms with van der Waals surface area (Å²) in [5.41, 5.74) is 1.11. The van der Waals surface area contributed by atoms with Gasteiger partial charge in [0, 0.05) is 18.5 Å². The van der Waals surface area contributed by atoms with Crippen molar-refractivity contribution in [1.82, 2.24) is 9.97 Å². The Morgan fingerprint density at radius 1 is 1.29 bits per heavy atom. The van der Waals surface area contributed by atoms with Crippen LogP contribution in [0, 0.1) is 4.64 Å². The monoisotopic (exact) mass is 303 g/mol. The summed E-state index contributed by atoms with van der Waals surface area (Å²) >= 11 is 5.19. The van der Waals surface area contributed by atoms with Gasteiger partial charge < -0.3 is 19.8 Å². The van der Waals surface area contributed by atoms with Crippen molar-refractivity contribution in [2.75, 3.05) is 12.1 Å². The molecule has 0 fully saturated rings. The van der Waals surface area contributed by atoms with E-state index in [1.54, 1.807) is 0 Å². The predicted octanol–water partition coefficient (Wildman–Crippen LogP) is 3.60. The second kappa shape index (κ2) is 5.73. The van der Waals surface area contributed by atoms with E-state index in [9.17, 15) is 0 Å². The van der Waals surface area contributed by atoms with Gasteiger partial charge >= 0.3 is 0 Å². The highest BCUT2D eigenvalue weighted by Crippen LogP contribution is 2.32. The molecule has 1 aromatic heterocycles. The van der Waals surface area contributed by atoms with Gasteiger partial charge in [0.1, 0.15) is 16.3 Å². The first kappa shape index (κ1) is 13.9. The van der Waals surface area contributed by atoms with Crippen molar-refractivity contribution in [1.29, 1.82) is 0 Å². The number of nitrogens with zero attached hydrogens (tertiary/aromatic N) is 1. The van der Waals surface area contributed by atoms with Crippen molar-refractivity contribution in [2.24, 2.45) is 0 Å². The Bertz CT molecular complexity index is 712. The molecule has 0 radical (unpaired) electrons. The van der Waals surface area contributed by atoms with Crippen LogP contribution in [0.1, 0.15) is 31.2 Å². The minimum Gasteiger partial charge on any atom is -0.454 e. The number of aromatic nitrogens is 2. The van der Waals surface area contributed by atoms with E-state index >= 15 is 0 Å². The van der Waals surface area contributed by atoms with Crippen LogP contribution in [0.4, 0.5) is 5.82 Å². The zero-order valence-corrected chi connectivity index (χ0v) is 12.8. The Labute approximate surface area is 128 Å². The molecule has 0 spiro atoms. The van der Waals surface area contributed by atoms with Crippen LogP contribution in [0.5, 0.6) is 11.5 Å². The van der Waals surface area contributed by atoms with E-state index in [4.69, 9.17) is 21.7 Å². The highest BCUT2D eigenvalue weighted by atomic mass is 32.1. The number of rotatable bonds is 4. The summed E-state index contributed by atoms with van der Waals surface area (Å²) in [6.07, 6.45) is 0. The molecule has 0 aliphatic carbocycles. The average molecular weight is 303 g/mol. The Hall–Kier alpha value is -2.08. The number of nitrogens with one attached hydrogen (secondary N) is 2. The first-order valence-corrected chi connectivity index (χ1v) is 7.26. The van der Waals surface area contributed by atoms with Crippen LogP contribution in [0.25, 0.3) is 0 Å². The summed E-state index contributed by atoms with van der Waals surface area (Å²) < 4.78 is 11.3. The fraction of sp³-hybridized carbons (Fsp3) is 0.333. The maximum Gasteiger partial charge on any atom is 0.231 e. The lowest BCUT2D eigenvalue weighted by molar-refractivity contribution is 0.174. The lowest BCUT2D eigenvalue weighted by Gasteiger charge is -2.11. The Morgan fingerprint density at radius 2 is 2.10 bits per heavy atom. The molecule has 3 rings (SSSR count). The van der Waals surface area contributed by atoms with E-state index in [0.717, 1.165) is 28.7 Å². The Kier molecular flexibility index (Phi) is 3.79. The van der Waals surface area contributed by atoms with E-state index in [0.29, 0.717) is 23.9 Å². The van der Waals surface area contributed by atoms with Gasteiger partial charge in [-0.25, -0.2) is 4.98 Å². The molecule has 1 aliphatic heterocycles. The van der Waals surface area contributed by atoms with E-state index in [2.05, 4.69) is 29.1 Å². The fourth-order valence-corrected chi connectivity index (χ4v) is 2.31. The van der Waals surface area contributed by atoms with Crippen LogP contribution < -0.4 is 14.8 Å². The van der Waals surface area contributed by atoms with E-state index < -0.39 is 0 Å². The van der Waals surface area contributed by atoms with Crippen LogP contribution in [0.15, 0.2) is 24.3 Å². The molecule has 0 atom stereocenters. The van der Waals surface area contributed by atoms with Crippen LogP contribution in [0.3, 0.4) is 0 Å². The molecule has 21 heavy (non-hydrogen) atoms. The molecule has 2 heterocycles. The van der Waals surface area contributed by atoms with Gasteiger partial charge in [0.25, 0.3) is 0 Å². The fourth-order valence-electron chi connectivity index (χ4n) is 2.09. The smallest absolute Gasteiger partial charge is 0.231 e. The average Bonchev–Trinajstić information content (AvgIpc) is 2.92. The molecular weight excluding hydrogens is 286 g/mol. The zero-order chi connectivity index (χ0) is 14.8. The topological polar surface area (TPSA) is 59.2 Å². The van der Waals surface area contributed by atoms with E-state index in [-0.39, 0.29) is 0 Å². The normalized spacial score (nSPS) is 12.7. The zero-order valence-electron chi connectivity index (χ0n) is 12.0. The second-order valence-corrected chi connectivity index (χ2v) is 5.63. The van der Waals surface area contributed by atoms with E-state index in [1.807, 2.05) is 24.3 Å². The SMILES string of the molecule is CC(C)c1nc(=S)cc(NCc2ccc3c(c2)OCO3)[nH]1. The van der Waals surface area contributed by atoms with Gasteiger partial charge in [0.2, 0.25) is 6.79 Å². The van der Waals surface area contributed by atoms with E-state index in [1.165, 1.54) is 0 Å². The maximum atomic E-state index is 5.38. The largest absolute Gasteiger partial charge is 0.454 e. The molecule has 0 amide bonds. The lowest BCUT2D eigenvalue weighted by Crippen LogP contribution is -2.05. The molecule has 110 valence electrons. The molecule has 0 bridgehead atoms. The summed E-state index contributed by atoms with van der Waals surface area (Å²) in [5.74, 6) is 3.65. The summed E-state index contributed by atoms with van der Waals surface area (Å²) in [5, 5.41) is 3.33. The summed E-state index contributed by atoms with van der Waals surface area (Å²) in [7, 11) is 0. The highest BCUT2D eigenvalue weighted by Gasteiger charge is 2.13. The van der Waals surface area contributed by atoms with Crippen molar-refractivity contribution in [2.45, 2.75) is 26.3 Å². The van der Waals surface area contributed by atoms with Gasteiger partial charge in [0.15, 0.2) is 11.5 Å². The molecular formula is C15H17N3O2S. The third-order valence-electron chi connectivity index (χ3n) is 3.23. The Balaban J connectivity index is 1.74. The minimum atomic E-state index is 0.293. The quantitative estimate of drug-likeness (QED) is 0.845. The molecule has 0 saturated carbocycles. The molecule has 5 nitrogen and oxygen atoms in total. The maximum absolute atomic E-state index is 5.38. The van der Waals surface area contributed by atoms with Crippen LogP contribution in [-0.2, 0) is 6.54 Å². The van der Waals surface area contributed by atoms with Gasteiger partial charge in [-0.15, -0.1) is 0 Å². The first-order valence-electron chi connectivity index (χ1n) is 6.85. The van der Waals surface area contributed by atoms with Gasteiger partial charge in [-0.05, 0) is 17.7 Å². The number of ether oxygens (including phenoxy) is 2. The van der Waals surface area contributed by atoms with Gasteiger partial charge in [-0.1, -0.05) is 32.1 Å². The number of aromatic amines is 1. The summed E-state index contributed by atoms with van der Waals surface area (Å²) in [6, 6.07) is 7.75. The second-order valence-electron chi connectivity index (χ2n) is 5.21. The molecule has 0 saturated heterocycles. The molecule has 1 aliphatic rings. The lowest BCUT2D eigenvalue weighted by atomic mass is 10.2. The third-order valence-corrected chi connectivity index (χ3v) is 3.44. The van der Waals surface area contributed by atoms with Crippen molar-refractivity contribution >= 4 is 18.0 Å². The molecule has 2 aromatic rings. The highest BCUT2D eigenvalue weighted by molar-refractivity contribution is 7.71. The number of hydrogen-bond donors (Lipinski definition) is 2. The molecule has 1 aromatic carbocycles. The number of hydrogen-bond acceptors (Lipinski definition) is 5. The van der Waals surface area contributed by atoms with Crippen LogP contribution in [0.2, 0.25) is 0 Å². The third kappa shape index (κ3) is 3.16. The van der Waals surface area contributed by atoms with Crippen molar-refractivity contribution in [3.05, 3.63) is 40.3 Å². The molecule has 6 heteroatoms. The minimum absolute atomic E-state index is 0.293. The number of H-pyrrole nitrogens is 1. The van der Waals surface area contributed by atoms with Crippen LogP contribution in [-0.4, -0.2) is 16.8 Å². The van der Waals surface area contributed by atoms with Gasteiger partial charge in [0.05, 0.1) is 0 Å². The number of benzene rings is 1. The standard InChI is InChI=1S/C15H17N3O2S/c1-9(2)15-17-13(6-14(21)18-15)16-7-10-3-4-11-12(5-10)20-8-19-11/h3-6,9H,7-8H2,1-2H3,(H2,16,17,18,21). The van der Waals surface area contributed by atoms with Crippen molar-refractivity contribution in [3.8, 4) is 11.5 Å². The number of fused-ring (bicyclic) bond motifs is 1. The predicted molar refractivity (Wildman–Crippen MR) is 83.4 cm³/mol. The first-order chi connectivity index (χ1) is 10.1. The Morgan fingerprint density at radius 3 is 2.90 bits per heavy atom. The van der Waals surface area contributed by atoms with Crippen molar-refractivity contribution in [3.63, 3.8) is 0 Å². The molecule has 0 unspecified atom stereocenters. The molecule has 2 N–H and O–H groups in total. The van der Waals surface area contributed by atoms with Crippen molar-refractivity contribution < 1.29 is 9.47 Å².